The summed E-state index contributed by atoms with van der Waals surface area (Å²) in [7, 11) is 0. The predicted octanol–water partition coefficient (Wildman–Crippen LogP) is 1.58. The molecule has 0 saturated heterocycles. The van der Waals surface area contributed by atoms with Gasteiger partial charge in [-0.15, -0.1) is 0 Å². The fourth-order valence-electron chi connectivity index (χ4n) is 1.74. The average molecular weight is 299 g/mol. The topological polar surface area (TPSA) is 98.2 Å². The van der Waals surface area contributed by atoms with E-state index in [1.54, 1.807) is 24.6 Å². The molecule has 0 aliphatic carbocycles. The molecule has 0 atom stereocenters. The smallest absolute Gasteiger partial charge is 0.313 e. The lowest BCUT2D eigenvalue weighted by molar-refractivity contribution is -0.133. The molecule has 0 aliphatic heterocycles. The summed E-state index contributed by atoms with van der Waals surface area (Å²) in [5, 5.41) is 9.28. The maximum atomic E-state index is 11.7. The van der Waals surface area contributed by atoms with Gasteiger partial charge in [0.2, 0.25) is 5.91 Å². The molecular weight excluding hydrogens is 278 g/mol. The Morgan fingerprint density at radius 1 is 1.35 bits per heavy atom. The fourth-order valence-corrected chi connectivity index (χ4v) is 2.58. The van der Waals surface area contributed by atoms with Crippen LogP contribution in [0.25, 0.3) is 0 Å². The SMILES string of the molecule is CC(C)(C)c1cnc(SCC(=O)O)n1C(C)(C)C(N)=O. The zero-order chi connectivity index (χ0) is 15.7. The second-order valence-electron chi connectivity index (χ2n) is 6.12. The number of carbonyl (C=O) groups is 2. The third-order valence-corrected chi connectivity index (χ3v) is 3.92. The van der Waals surface area contributed by atoms with E-state index < -0.39 is 17.4 Å². The van der Waals surface area contributed by atoms with Crippen molar-refractivity contribution in [2.75, 3.05) is 5.75 Å². The van der Waals surface area contributed by atoms with Crippen LogP contribution in [0.15, 0.2) is 11.4 Å². The molecule has 1 heterocycles. The molecule has 0 aliphatic rings. The second-order valence-corrected chi connectivity index (χ2v) is 7.06. The third kappa shape index (κ3) is 3.33. The van der Waals surface area contributed by atoms with Crippen molar-refractivity contribution in [2.24, 2.45) is 5.73 Å². The van der Waals surface area contributed by atoms with Crippen LogP contribution >= 0.6 is 11.8 Å². The fraction of sp³-hybridized carbons (Fsp3) is 0.615. The summed E-state index contributed by atoms with van der Waals surface area (Å²) in [6.45, 7) is 9.42. The van der Waals surface area contributed by atoms with E-state index in [0.29, 0.717) is 5.16 Å². The van der Waals surface area contributed by atoms with Crippen LogP contribution < -0.4 is 5.73 Å². The van der Waals surface area contributed by atoms with Crippen LogP contribution in [0.2, 0.25) is 0 Å². The number of aliphatic carboxylic acids is 1. The monoisotopic (exact) mass is 299 g/mol. The Morgan fingerprint density at radius 2 is 1.90 bits per heavy atom. The number of hydrogen-bond donors (Lipinski definition) is 2. The average Bonchev–Trinajstić information content (AvgIpc) is 2.69. The summed E-state index contributed by atoms with van der Waals surface area (Å²) in [5.74, 6) is -1.54. The number of imidazole rings is 1. The summed E-state index contributed by atoms with van der Waals surface area (Å²) in [5.41, 5.74) is 5.12. The van der Waals surface area contributed by atoms with Crippen LogP contribution in [-0.2, 0) is 20.5 Å². The van der Waals surface area contributed by atoms with Gasteiger partial charge in [0, 0.05) is 17.3 Å². The highest BCUT2D eigenvalue weighted by atomic mass is 32.2. The number of carboxylic acids is 1. The molecule has 1 aromatic rings. The number of rotatable bonds is 5. The van der Waals surface area contributed by atoms with Gasteiger partial charge in [0.1, 0.15) is 5.54 Å². The van der Waals surface area contributed by atoms with Crippen molar-refractivity contribution >= 4 is 23.6 Å². The molecule has 6 nitrogen and oxygen atoms in total. The first-order valence-electron chi connectivity index (χ1n) is 6.21. The van der Waals surface area contributed by atoms with Gasteiger partial charge in [-0.3, -0.25) is 9.59 Å². The quantitative estimate of drug-likeness (QED) is 0.804. The normalized spacial score (nSPS) is 12.4. The lowest BCUT2D eigenvalue weighted by Gasteiger charge is -2.31. The van der Waals surface area contributed by atoms with E-state index in [1.807, 2.05) is 20.8 Å². The van der Waals surface area contributed by atoms with Crippen molar-refractivity contribution in [3.8, 4) is 0 Å². The Morgan fingerprint density at radius 3 is 2.30 bits per heavy atom. The first kappa shape index (κ1) is 16.6. The van der Waals surface area contributed by atoms with E-state index in [4.69, 9.17) is 10.8 Å². The summed E-state index contributed by atoms with van der Waals surface area (Å²) in [4.78, 5) is 26.7. The van der Waals surface area contributed by atoms with Crippen molar-refractivity contribution in [3.05, 3.63) is 11.9 Å². The number of carboxylic acid groups (broad SMARTS) is 1. The molecule has 7 heteroatoms. The zero-order valence-electron chi connectivity index (χ0n) is 12.4. The number of amides is 1. The third-order valence-electron chi connectivity index (χ3n) is 2.98. The maximum absolute atomic E-state index is 11.7. The number of aromatic nitrogens is 2. The number of carbonyl (C=O) groups excluding carboxylic acids is 1. The zero-order valence-corrected chi connectivity index (χ0v) is 13.2. The van der Waals surface area contributed by atoms with Gasteiger partial charge in [-0.2, -0.15) is 0 Å². The molecule has 0 unspecified atom stereocenters. The molecule has 1 rings (SSSR count). The van der Waals surface area contributed by atoms with Crippen molar-refractivity contribution < 1.29 is 14.7 Å². The van der Waals surface area contributed by atoms with Crippen LogP contribution in [0.1, 0.15) is 40.3 Å². The minimum Gasteiger partial charge on any atom is -0.481 e. The van der Waals surface area contributed by atoms with Crippen LogP contribution in [0.4, 0.5) is 0 Å². The minimum absolute atomic E-state index is 0.116. The molecule has 112 valence electrons. The van der Waals surface area contributed by atoms with Gasteiger partial charge in [-0.1, -0.05) is 32.5 Å². The summed E-state index contributed by atoms with van der Waals surface area (Å²) < 4.78 is 1.74. The van der Waals surface area contributed by atoms with E-state index >= 15 is 0 Å². The van der Waals surface area contributed by atoms with E-state index in [9.17, 15) is 9.59 Å². The van der Waals surface area contributed by atoms with Crippen LogP contribution in [-0.4, -0.2) is 32.3 Å². The largest absolute Gasteiger partial charge is 0.481 e. The highest BCUT2D eigenvalue weighted by molar-refractivity contribution is 7.99. The van der Waals surface area contributed by atoms with E-state index in [-0.39, 0.29) is 11.2 Å². The van der Waals surface area contributed by atoms with Crippen molar-refractivity contribution in [1.29, 1.82) is 0 Å². The molecule has 1 amide bonds. The summed E-state index contributed by atoms with van der Waals surface area (Å²) in [6, 6.07) is 0. The van der Waals surface area contributed by atoms with E-state index in [1.165, 1.54) is 0 Å². The number of hydrogen-bond acceptors (Lipinski definition) is 4. The summed E-state index contributed by atoms with van der Waals surface area (Å²) in [6.07, 6.45) is 1.68. The molecular formula is C13H21N3O3S. The predicted molar refractivity (Wildman–Crippen MR) is 77.8 cm³/mol. The Bertz CT molecular complexity index is 529. The molecule has 0 fully saturated rings. The van der Waals surface area contributed by atoms with Crippen molar-refractivity contribution in [1.82, 2.24) is 9.55 Å². The standard InChI is InChI=1S/C13H21N3O3S/c1-12(2,3)8-6-15-11(20-7-9(17)18)16(8)13(4,5)10(14)19/h6H,7H2,1-5H3,(H2,14,19)(H,17,18). The molecule has 3 N–H and O–H groups in total. The van der Waals surface area contributed by atoms with Crippen LogP contribution in [0, 0.1) is 0 Å². The molecule has 0 aromatic carbocycles. The van der Waals surface area contributed by atoms with E-state index in [0.717, 1.165) is 17.5 Å². The summed E-state index contributed by atoms with van der Waals surface area (Å²) >= 11 is 1.08. The van der Waals surface area contributed by atoms with Gasteiger partial charge in [0.15, 0.2) is 5.16 Å². The Labute approximate surface area is 122 Å². The molecule has 0 bridgehead atoms. The van der Waals surface area contributed by atoms with Gasteiger partial charge >= 0.3 is 5.97 Å². The number of primary amides is 1. The number of nitrogens with two attached hydrogens (primary N) is 1. The second kappa shape index (κ2) is 5.47. The molecule has 1 aromatic heterocycles. The molecule has 20 heavy (non-hydrogen) atoms. The number of nitrogens with zero attached hydrogens (tertiary/aromatic N) is 2. The minimum atomic E-state index is -0.972. The van der Waals surface area contributed by atoms with Gasteiger partial charge < -0.3 is 15.4 Å². The Kier molecular flexibility index (Phi) is 4.53. The Hall–Kier alpha value is -1.50. The van der Waals surface area contributed by atoms with Crippen molar-refractivity contribution in [3.63, 3.8) is 0 Å². The Balaban J connectivity index is 3.38. The first-order chi connectivity index (χ1) is 8.98. The number of thioether (sulfide) groups is 1. The molecule has 0 saturated carbocycles. The lowest BCUT2D eigenvalue weighted by atomic mass is 9.91. The van der Waals surface area contributed by atoms with Crippen LogP contribution in [0.3, 0.4) is 0 Å². The molecule has 0 radical (unpaired) electrons. The van der Waals surface area contributed by atoms with E-state index in [2.05, 4.69) is 4.98 Å². The first-order valence-corrected chi connectivity index (χ1v) is 7.19. The van der Waals surface area contributed by atoms with Gasteiger partial charge in [0.25, 0.3) is 0 Å². The van der Waals surface area contributed by atoms with Crippen molar-refractivity contribution in [2.45, 2.75) is 50.7 Å². The lowest BCUT2D eigenvalue weighted by Crippen LogP contribution is -2.43. The highest BCUT2D eigenvalue weighted by Crippen LogP contribution is 2.33. The maximum Gasteiger partial charge on any atom is 0.313 e. The van der Waals surface area contributed by atoms with Crippen LogP contribution in [0.5, 0.6) is 0 Å². The van der Waals surface area contributed by atoms with Gasteiger partial charge in [-0.25, -0.2) is 4.98 Å². The van der Waals surface area contributed by atoms with Gasteiger partial charge in [-0.05, 0) is 13.8 Å². The highest BCUT2D eigenvalue weighted by Gasteiger charge is 2.35. The van der Waals surface area contributed by atoms with Gasteiger partial charge in [0.05, 0.1) is 5.75 Å². The molecule has 0 spiro atoms.